The number of aromatic hydroxyl groups is 1. The molecule has 0 fully saturated rings. The first-order valence-corrected chi connectivity index (χ1v) is 5.73. The Morgan fingerprint density at radius 2 is 1.83 bits per heavy atom. The number of hydrogen-bond acceptors (Lipinski definition) is 3. The van der Waals surface area contributed by atoms with Crippen LogP contribution in [0.15, 0.2) is 39.5 Å². The lowest BCUT2D eigenvalue weighted by Crippen LogP contribution is -2.01. The van der Waals surface area contributed by atoms with E-state index in [1.54, 1.807) is 25.1 Å². The molecule has 0 saturated carbocycles. The van der Waals surface area contributed by atoms with E-state index in [0.29, 0.717) is 11.0 Å². The SMILES string of the molecule is Cc1ccc2oc(=O)c3c(C)cc(O)cc3c2c1. The van der Waals surface area contributed by atoms with Gasteiger partial charge in [-0.2, -0.15) is 0 Å². The summed E-state index contributed by atoms with van der Waals surface area (Å²) in [7, 11) is 0. The molecule has 0 radical (unpaired) electrons. The molecule has 3 aromatic rings. The number of aryl methyl sites for hydroxylation is 2. The number of fused-ring (bicyclic) bond motifs is 3. The normalized spacial score (nSPS) is 11.2. The molecule has 0 saturated heterocycles. The van der Waals surface area contributed by atoms with Crippen molar-refractivity contribution in [2.45, 2.75) is 13.8 Å². The fourth-order valence-corrected chi connectivity index (χ4v) is 2.35. The van der Waals surface area contributed by atoms with Crippen LogP contribution < -0.4 is 5.63 Å². The molecule has 0 unspecified atom stereocenters. The average Bonchev–Trinajstić information content (AvgIpc) is 2.29. The van der Waals surface area contributed by atoms with Crippen LogP contribution in [0.2, 0.25) is 0 Å². The van der Waals surface area contributed by atoms with Crippen LogP contribution in [0.3, 0.4) is 0 Å². The minimum Gasteiger partial charge on any atom is -0.508 e. The monoisotopic (exact) mass is 240 g/mol. The Morgan fingerprint density at radius 1 is 1.06 bits per heavy atom. The van der Waals surface area contributed by atoms with Gasteiger partial charge in [-0.15, -0.1) is 0 Å². The van der Waals surface area contributed by atoms with Crippen LogP contribution in [-0.4, -0.2) is 5.11 Å². The molecule has 3 heteroatoms. The van der Waals surface area contributed by atoms with Gasteiger partial charge in [-0.05, 0) is 43.7 Å². The Balaban J connectivity index is 2.67. The Labute approximate surface area is 103 Å². The van der Waals surface area contributed by atoms with Gasteiger partial charge in [0.05, 0.1) is 5.39 Å². The molecular formula is C15H12O3. The van der Waals surface area contributed by atoms with Gasteiger partial charge in [-0.3, -0.25) is 0 Å². The molecule has 3 nitrogen and oxygen atoms in total. The van der Waals surface area contributed by atoms with Crippen molar-refractivity contribution in [2.24, 2.45) is 0 Å². The highest BCUT2D eigenvalue weighted by molar-refractivity contribution is 6.06. The average molecular weight is 240 g/mol. The molecule has 0 amide bonds. The molecular weight excluding hydrogens is 228 g/mol. The molecule has 0 bridgehead atoms. The molecule has 1 aromatic heterocycles. The maximum atomic E-state index is 12.0. The summed E-state index contributed by atoms with van der Waals surface area (Å²) in [6, 6.07) is 8.82. The summed E-state index contributed by atoms with van der Waals surface area (Å²) in [4.78, 5) is 12.0. The summed E-state index contributed by atoms with van der Waals surface area (Å²) in [6.07, 6.45) is 0. The zero-order chi connectivity index (χ0) is 12.9. The summed E-state index contributed by atoms with van der Waals surface area (Å²) in [6.45, 7) is 3.77. The number of hydrogen-bond donors (Lipinski definition) is 1. The molecule has 1 heterocycles. The maximum absolute atomic E-state index is 12.0. The fraction of sp³-hybridized carbons (Fsp3) is 0.133. The van der Waals surface area contributed by atoms with E-state index in [2.05, 4.69) is 0 Å². The lowest BCUT2D eigenvalue weighted by molar-refractivity contribution is 0.475. The van der Waals surface area contributed by atoms with E-state index >= 15 is 0 Å². The number of phenols is 1. The van der Waals surface area contributed by atoms with Crippen LogP contribution in [0.5, 0.6) is 5.75 Å². The summed E-state index contributed by atoms with van der Waals surface area (Å²) >= 11 is 0. The van der Waals surface area contributed by atoms with Gasteiger partial charge in [0.2, 0.25) is 0 Å². The van der Waals surface area contributed by atoms with Crippen molar-refractivity contribution >= 4 is 21.7 Å². The van der Waals surface area contributed by atoms with Gasteiger partial charge in [0, 0.05) is 10.8 Å². The lowest BCUT2D eigenvalue weighted by atomic mass is 10.0. The van der Waals surface area contributed by atoms with E-state index in [9.17, 15) is 9.90 Å². The van der Waals surface area contributed by atoms with Crippen molar-refractivity contribution < 1.29 is 9.52 Å². The van der Waals surface area contributed by atoms with Crippen LogP contribution in [-0.2, 0) is 0 Å². The highest BCUT2D eigenvalue weighted by Crippen LogP contribution is 2.28. The molecule has 0 spiro atoms. The van der Waals surface area contributed by atoms with Crippen molar-refractivity contribution in [1.82, 2.24) is 0 Å². The van der Waals surface area contributed by atoms with E-state index < -0.39 is 0 Å². The zero-order valence-electron chi connectivity index (χ0n) is 10.2. The Hall–Kier alpha value is -2.29. The van der Waals surface area contributed by atoms with Gasteiger partial charge < -0.3 is 9.52 Å². The molecule has 0 aliphatic rings. The summed E-state index contributed by atoms with van der Waals surface area (Å²) in [5, 5.41) is 11.8. The number of benzene rings is 2. The minimum absolute atomic E-state index is 0.161. The standard InChI is InChI=1S/C15H12O3/c1-8-3-4-13-11(5-8)12-7-10(16)6-9(2)14(12)15(17)18-13/h3-7,16H,1-2H3. The first-order chi connectivity index (χ1) is 8.56. The van der Waals surface area contributed by atoms with Crippen molar-refractivity contribution in [1.29, 1.82) is 0 Å². The molecule has 0 aliphatic carbocycles. The summed E-state index contributed by atoms with van der Waals surface area (Å²) in [5.41, 5.74) is 1.99. The van der Waals surface area contributed by atoms with Crippen LogP contribution in [0.4, 0.5) is 0 Å². The summed E-state index contributed by atoms with van der Waals surface area (Å²) < 4.78 is 5.31. The molecule has 90 valence electrons. The predicted molar refractivity (Wildman–Crippen MR) is 71.1 cm³/mol. The van der Waals surface area contributed by atoms with E-state index in [1.165, 1.54) is 0 Å². The summed E-state index contributed by atoms with van der Waals surface area (Å²) in [5.74, 6) is 0.161. The van der Waals surface area contributed by atoms with Crippen molar-refractivity contribution in [3.8, 4) is 5.75 Å². The maximum Gasteiger partial charge on any atom is 0.344 e. The van der Waals surface area contributed by atoms with E-state index in [1.807, 2.05) is 19.1 Å². The number of phenolic OH excluding ortho intramolecular Hbond substituents is 1. The van der Waals surface area contributed by atoms with E-state index in [4.69, 9.17) is 4.42 Å². The fourth-order valence-electron chi connectivity index (χ4n) is 2.35. The second-order valence-electron chi connectivity index (χ2n) is 4.57. The minimum atomic E-state index is -0.362. The Kier molecular flexibility index (Phi) is 2.17. The molecule has 18 heavy (non-hydrogen) atoms. The second kappa shape index (κ2) is 3.60. The van der Waals surface area contributed by atoms with Gasteiger partial charge in [-0.25, -0.2) is 4.79 Å². The Morgan fingerprint density at radius 3 is 2.61 bits per heavy atom. The molecule has 0 atom stereocenters. The molecule has 1 N–H and O–H groups in total. The van der Waals surface area contributed by atoms with Gasteiger partial charge >= 0.3 is 5.63 Å². The van der Waals surface area contributed by atoms with Crippen molar-refractivity contribution in [3.05, 3.63) is 51.9 Å². The highest BCUT2D eigenvalue weighted by Gasteiger charge is 2.10. The number of rotatable bonds is 0. The largest absolute Gasteiger partial charge is 0.508 e. The van der Waals surface area contributed by atoms with Crippen LogP contribution in [0.1, 0.15) is 11.1 Å². The van der Waals surface area contributed by atoms with Gasteiger partial charge in [0.1, 0.15) is 11.3 Å². The van der Waals surface area contributed by atoms with Crippen LogP contribution in [0, 0.1) is 13.8 Å². The topological polar surface area (TPSA) is 50.4 Å². The molecule has 2 aromatic carbocycles. The third-order valence-corrected chi connectivity index (χ3v) is 3.15. The van der Waals surface area contributed by atoms with Crippen molar-refractivity contribution in [3.63, 3.8) is 0 Å². The van der Waals surface area contributed by atoms with E-state index in [-0.39, 0.29) is 11.4 Å². The van der Waals surface area contributed by atoms with Gasteiger partial charge in [0.15, 0.2) is 0 Å². The second-order valence-corrected chi connectivity index (χ2v) is 4.57. The molecule has 3 rings (SSSR count). The third-order valence-electron chi connectivity index (χ3n) is 3.15. The van der Waals surface area contributed by atoms with Gasteiger partial charge in [0.25, 0.3) is 0 Å². The smallest absolute Gasteiger partial charge is 0.344 e. The quantitative estimate of drug-likeness (QED) is 0.484. The molecule has 0 aliphatic heterocycles. The Bertz CT molecular complexity index is 828. The van der Waals surface area contributed by atoms with Gasteiger partial charge in [-0.1, -0.05) is 11.6 Å². The van der Waals surface area contributed by atoms with Crippen molar-refractivity contribution in [2.75, 3.05) is 0 Å². The lowest BCUT2D eigenvalue weighted by Gasteiger charge is -2.06. The van der Waals surface area contributed by atoms with E-state index in [0.717, 1.165) is 21.9 Å². The first-order valence-electron chi connectivity index (χ1n) is 5.73. The van der Waals surface area contributed by atoms with Crippen LogP contribution >= 0.6 is 0 Å². The first kappa shape index (κ1) is 10.8. The zero-order valence-corrected chi connectivity index (χ0v) is 10.2. The van der Waals surface area contributed by atoms with Crippen LogP contribution in [0.25, 0.3) is 21.7 Å². The predicted octanol–water partition coefficient (Wildman–Crippen LogP) is 3.27. The highest BCUT2D eigenvalue weighted by atomic mass is 16.4. The third kappa shape index (κ3) is 1.48.